The average molecular weight is 128 g/mol. The topological polar surface area (TPSA) is 29.3 Å². The molecule has 2 N–H and O–H groups in total. The van der Waals surface area contributed by atoms with E-state index in [0.717, 1.165) is 12.5 Å². The molecule has 0 radical (unpaired) electrons. The molecular formula is C7H16N2. The summed E-state index contributed by atoms with van der Waals surface area (Å²) in [6, 6.07) is 0.431. The van der Waals surface area contributed by atoms with Crippen LogP contribution in [0.4, 0.5) is 0 Å². The van der Waals surface area contributed by atoms with Gasteiger partial charge in [-0.05, 0) is 13.0 Å². The third-order valence-corrected chi connectivity index (χ3v) is 2.20. The van der Waals surface area contributed by atoms with E-state index in [0.29, 0.717) is 6.04 Å². The SMILES string of the molecule is CC[C@@H]1CN(C)C[C@@H]1N. The van der Waals surface area contributed by atoms with Crippen LogP contribution >= 0.6 is 0 Å². The second-order valence-corrected chi connectivity index (χ2v) is 3.05. The summed E-state index contributed by atoms with van der Waals surface area (Å²) in [5.41, 5.74) is 5.84. The predicted octanol–water partition coefficient (Wildman–Crippen LogP) is 0.285. The lowest BCUT2D eigenvalue weighted by Gasteiger charge is -2.09. The van der Waals surface area contributed by atoms with Crippen LogP contribution in [0.25, 0.3) is 0 Å². The van der Waals surface area contributed by atoms with Crippen LogP contribution in [-0.4, -0.2) is 31.1 Å². The molecule has 0 bridgehead atoms. The molecule has 2 atom stereocenters. The Kier molecular flexibility index (Phi) is 2.09. The Bertz CT molecular complexity index is 92.9. The highest BCUT2D eigenvalue weighted by Gasteiger charge is 2.25. The zero-order chi connectivity index (χ0) is 6.85. The van der Waals surface area contributed by atoms with Crippen molar-refractivity contribution in [3.8, 4) is 0 Å². The Morgan fingerprint density at radius 3 is 2.44 bits per heavy atom. The van der Waals surface area contributed by atoms with Crippen molar-refractivity contribution >= 4 is 0 Å². The Morgan fingerprint density at radius 2 is 2.22 bits per heavy atom. The molecule has 54 valence electrons. The van der Waals surface area contributed by atoms with Crippen molar-refractivity contribution in [2.45, 2.75) is 19.4 Å². The Morgan fingerprint density at radius 1 is 1.56 bits per heavy atom. The normalized spacial score (nSPS) is 37.7. The van der Waals surface area contributed by atoms with Gasteiger partial charge in [-0.2, -0.15) is 0 Å². The van der Waals surface area contributed by atoms with Gasteiger partial charge in [0.2, 0.25) is 0 Å². The number of rotatable bonds is 1. The highest BCUT2D eigenvalue weighted by Crippen LogP contribution is 2.15. The third-order valence-electron chi connectivity index (χ3n) is 2.20. The highest BCUT2D eigenvalue weighted by atomic mass is 15.1. The fraction of sp³-hybridized carbons (Fsp3) is 1.00. The molecule has 2 nitrogen and oxygen atoms in total. The first-order valence-corrected chi connectivity index (χ1v) is 3.68. The van der Waals surface area contributed by atoms with Crippen LogP contribution in [0.3, 0.4) is 0 Å². The molecule has 1 fully saturated rings. The van der Waals surface area contributed by atoms with Gasteiger partial charge in [-0.25, -0.2) is 0 Å². The van der Waals surface area contributed by atoms with Gasteiger partial charge in [0, 0.05) is 19.1 Å². The van der Waals surface area contributed by atoms with Crippen LogP contribution in [0.15, 0.2) is 0 Å². The zero-order valence-electron chi connectivity index (χ0n) is 6.30. The summed E-state index contributed by atoms with van der Waals surface area (Å²) in [6.07, 6.45) is 1.23. The fourth-order valence-corrected chi connectivity index (χ4v) is 1.55. The van der Waals surface area contributed by atoms with E-state index in [1.807, 2.05) is 0 Å². The first-order valence-electron chi connectivity index (χ1n) is 3.68. The van der Waals surface area contributed by atoms with Gasteiger partial charge in [0.15, 0.2) is 0 Å². The van der Waals surface area contributed by atoms with E-state index < -0.39 is 0 Å². The molecule has 0 aliphatic carbocycles. The molecule has 0 spiro atoms. The quantitative estimate of drug-likeness (QED) is 0.550. The molecule has 2 heteroatoms. The fourth-order valence-electron chi connectivity index (χ4n) is 1.55. The van der Waals surface area contributed by atoms with Gasteiger partial charge in [-0.1, -0.05) is 13.3 Å². The second kappa shape index (κ2) is 2.67. The summed E-state index contributed by atoms with van der Waals surface area (Å²) in [6.45, 7) is 4.49. The average Bonchev–Trinajstić information content (AvgIpc) is 2.10. The van der Waals surface area contributed by atoms with Gasteiger partial charge >= 0.3 is 0 Å². The minimum Gasteiger partial charge on any atom is -0.326 e. The number of nitrogens with two attached hydrogens (primary N) is 1. The van der Waals surface area contributed by atoms with Gasteiger partial charge in [-0.3, -0.25) is 0 Å². The summed E-state index contributed by atoms with van der Waals surface area (Å²) >= 11 is 0. The van der Waals surface area contributed by atoms with Gasteiger partial charge in [0.1, 0.15) is 0 Å². The van der Waals surface area contributed by atoms with Crippen LogP contribution in [-0.2, 0) is 0 Å². The van der Waals surface area contributed by atoms with Crippen molar-refractivity contribution < 1.29 is 0 Å². The molecule has 0 aromatic carbocycles. The van der Waals surface area contributed by atoms with E-state index in [4.69, 9.17) is 5.73 Å². The van der Waals surface area contributed by atoms with Gasteiger partial charge in [-0.15, -0.1) is 0 Å². The Hall–Kier alpha value is -0.0800. The number of hydrogen-bond acceptors (Lipinski definition) is 2. The van der Waals surface area contributed by atoms with Crippen LogP contribution in [0.5, 0.6) is 0 Å². The smallest absolute Gasteiger partial charge is 0.0208 e. The van der Waals surface area contributed by atoms with Crippen molar-refractivity contribution in [3.05, 3.63) is 0 Å². The van der Waals surface area contributed by atoms with Crippen molar-refractivity contribution in [2.75, 3.05) is 20.1 Å². The van der Waals surface area contributed by atoms with E-state index in [1.165, 1.54) is 13.0 Å². The zero-order valence-corrected chi connectivity index (χ0v) is 6.30. The summed E-state index contributed by atoms with van der Waals surface area (Å²) in [5, 5.41) is 0. The molecule has 0 saturated carbocycles. The molecule has 1 aliphatic heterocycles. The lowest BCUT2D eigenvalue weighted by atomic mass is 10.0. The highest BCUT2D eigenvalue weighted by molar-refractivity contribution is 4.83. The van der Waals surface area contributed by atoms with Crippen molar-refractivity contribution in [1.82, 2.24) is 4.90 Å². The Labute approximate surface area is 57.0 Å². The molecule has 1 rings (SSSR count). The number of likely N-dealkylation sites (tertiary alicyclic amines) is 1. The van der Waals surface area contributed by atoms with Crippen LogP contribution in [0.2, 0.25) is 0 Å². The maximum atomic E-state index is 5.84. The third kappa shape index (κ3) is 1.43. The minimum absolute atomic E-state index is 0.431. The second-order valence-electron chi connectivity index (χ2n) is 3.05. The largest absolute Gasteiger partial charge is 0.326 e. The number of nitrogens with zero attached hydrogens (tertiary/aromatic N) is 1. The molecule has 0 amide bonds. The maximum absolute atomic E-state index is 5.84. The molecule has 0 aromatic heterocycles. The maximum Gasteiger partial charge on any atom is 0.0208 e. The monoisotopic (exact) mass is 128 g/mol. The van der Waals surface area contributed by atoms with Gasteiger partial charge in [0.25, 0.3) is 0 Å². The van der Waals surface area contributed by atoms with E-state index in [9.17, 15) is 0 Å². The molecule has 0 aromatic rings. The summed E-state index contributed by atoms with van der Waals surface area (Å²) in [7, 11) is 2.13. The van der Waals surface area contributed by atoms with Crippen LogP contribution in [0.1, 0.15) is 13.3 Å². The minimum atomic E-state index is 0.431. The van der Waals surface area contributed by atoms with E-state index >= 15 is 0 Å². The standard InChI is InChI=1S/C7H16N2/c1-3-6-4-9(2)5-7(6)8/h6-7H,3-5,8H2,1-2H3/t6-,7+/m1/s1. The van der Waals surface area contributed by atoms with E-state index in [1.54, 1.807) is 0 Å². The predicted molar refractivity (Wildman–Crippen MR) is 39.3 cm³/mol. The molecule has 1 heterocycles. The summed E-state index contributed by atoms with van der Waals surface area (Å²) in [4.78, 5) is 2.30. The van der Waals surface area contributed by atoms with Crippen LogP contribution in [0, 0.1) is 5.92 Å². The summed E-state index contributed by atoms with van der Waals surface area (Å²) < 4.78 is 0. The molecule has 9 heavy (non-hydrogen) atoms. The van der Waals surface area contributed by atoms with E-state index in [-0.39, 0.29) is 0 Å². The lowest BCUT2D eigenvalue weighted by Crippen LogP contribution is -2.28. The molecule has 0 unspecified atom stereocenters. The molecular weight excluding hydrogens is 112 g/mol. The molecule has 1 aliphatic rings. The van der Waals surface area contributed by atoms with E-state index in [2.05, 4.69) is 18.9 Å². The first-order chi connectivity index (χ1) is 4.24. The molecule has 1 saturated heterocycles. The lowest BCUT2D eigenvalue weighted by molar-refractivity contribution is 0.392. The summed E-state index contributed by atoms with van der Waals surface area (Å²) in [5.74, 6) is 0.745. The number of likely N-dealkylation sites (N-methyl/N-ethyl adjacent to an activating group) is 1. The van der Waals surface area contributed by atoms with Crippen molar-refractivity contribution in [3.63, 3.8) is 0 Å². The first kappa shape index (κ1) is 7.03. The van der Waals surface area contributed by atoms with Crippen molar-refractivity contribution in [2.24, 2.45) is 11.7 Å². The van der Waals surface area contributed by atoms with Gasteiger partial charge in [0.05, 0.1) is 0 Å². The van der Waals surface area contributed by atoms with Crippen LogP contribution < -0.4 is 5.73 Å². The Balaban J connectivity index is 2.38. The number of hydrogen-bond donors (Lipinski definition) is 1. The van der Waals surface area contributed by atoms with Gasteiger partial charge < -0.3 is 10.6 Å². The van der Waals surface area contributed by atoms with Crippen molar-refractivity contribution in [1.29, 1.82) is 0 Å².